The van der Waals surface area contributed by atoms with E-state index in [2.05, 4.69) is 100 Å². The quantitative estimate of drug-likeness (QED) is 0.454. The Bertz CT molecular complexity index is 1340. The molecule has 1 nitrogen and oxygen atoms in total. The van der Waals surface area contributed by atoms with E-state index in [9.17, 15) is 0 Å². The SMILES string of the molecule is CC1=C2C3=CC=NC3=C1[Si]2(C)C.CCCCc1ccc(-c2cccc3c2C=C(C(C)C)[CH]3[Zr+2])cc1.[Cl-].[Cl-]. The average Bonchev–Trinajstić information content (AvgIpc) is 3.54. The van der Waals surface area contributed by atoms with Crippen LogP contribution in [-0.2, 0) is 31.1 Å². The summed E-state index contributed by atoms with van der Waals surface area (Å²) in [5, 5.41) is 3.27. The molecule has 0 N–H and O–H groups in total. The number of allylic oxidation sites excluding steroid dienone is 5. The standard InChI is InChI=1S/C22H25.C10H11NSi.2ClH.Zr/c1-4-5-7-17-10-12-18(13-11-17)21-9-6-8-19-14-20(16(2)3)15-22(19)21;1-6-9-7-4-5-11-8(7)10(6)12(9,2)3;;;/h6,8-16H,4-5,7H2,1-3H3;4-5H,1-3H3;2*1H;/q;;;;+2/p-2. The maximum atomic E-state index is 4.42. The van der Waals surface area contributed by atoms with Crippen molar-refractivity contribution in [3.8, 4) is 11.1 Å². The van der Waals surface area contributed by atoms with Crippen LogP contribution in [0.15, 0.2) is 86.3 Å². The minimum absolute atomic E-state index is 0. The first-order valence-electron chi connectivity index (χ1n) is 13.1. The third-order valence-electron chi connectivity index (χ3n) is 8.05. The van der Waals surface area contributed by atoms with Crippen molar-refractivity contribution in [3.05, 3.63) is 98.0 Å². The summed E-state index contributed by atoms with van der Waals surface area (Å²) >= 11 is 1.60. The number of hydrogen-bond acceptors (Lipinski definition) is 1. The summed E-state index contributed by atoms with van der Waals surface area (Å²) in [7, 11) is -1.13. The van der Waals surface area contributed by atoms with Crippen molar-refractivity contribution in [2.24, 2.45) is 10.9 Å². The molecular weight excluding hydrogens is 589 g/mol. The van der Waals surface area contributed by atoms with Gasteiger partial charge in [-0.05, 0) is 29.0 Å². The van der Waals surface area contributed by atoms with Gasteiger partial charge in [0.05, 0.1) is 5.70 Å². The van der Waals surface area contributed by atoms with Gasteiger partial charge < -0.3 is 24.8 Å². The molecule has 0 saturated heterocycles. The van der Waals surface area contributed by atoms with Crippen molar-refractivity contribution in [2.45, 2.75) is 63.7 Å². The monoisotopic (exact) mass is 622 g/mol. The number of aliphatic imine (C=N–C) groups is 1. The summed E-state index contributed by atoms with van der Waals surface area (Å²) in [6, 6.07) is 16.1. The van der Waals surface area contributed by atoms with Crippen LogP contribution in [0.25, 0.3) is 17.2 Å². The molecule has 0 aromatic heterocycles. The van der Waals surface area contributed by atoms with Gasteiger partial charge in [-0.1, -0.05) is 13.1 Å². The van der Waals surface area contributed by atoms with Crippen LogP contribution in [0, 0.1) is 5.92 Å². The van der Waals surface area contributed by atoms with Gasteiger partial charge in [-0.3, -0.25) is 4.99 Å². The summed E-state index contributed by atoms with van der Waals surface area (Å²) in [4.78, 5) is 4.42. The Labute approximate surface area is 252 Å². The molecule has 2 bridgehead atoms. The zero-order chi connectivity index (χ0) is 24.9. The second kappa shape index (κ2) is 11.9. The molecule has 2 aromatic carbocycles. The largest absolute Gasteiger partial charge is 1.00 e. The van der Waals surface area contributed by atoms with Crippen molar-refractivity contribution in [1.82, 2.24) is 0 Å². The van der Waals surface area contributed by atoms with E-state index < -0.39 is 8.07 Å². The second-order valence-corrected chi connectivity index (χ2v) is 16.7. The van der Waals surface area contributed by atoms with Crippen LogP contribution < -0.4 is 24.8 Å². The predicted octanol–water partition coefficient (Wildman–Crippen LogP) is 2.73. The number of hydrogen-bond donors (Lipinski definition) is 0. The Morgan fingerprint density at radius 2 is 1.70 bits per heavy atom. The number of benzene rings is 2. The van der Waals surface area contributed by atoms with Crippen molar-refractivity contribution >= 4 is 20.4 Å². The molecule has 5 heteroatoms. The number of rotatable bonds is 5. The molecule has 0 fully saturated rings. The maximum absolute atomic E-state index is 4.42. The van der Waals surface area contributed by atoms with Gasteiger partial charge in [0.2, 0.25) is 0 Å². The number of fused-ring (bicyclic) bond motifs is 1. The summed E-state index contributed by atoms with van der Waals surface area (Å²) in [6.45, 7) is 14.0. The summed E-state index contributed by atoms with van der Waals surface area (Å²) < 4.78 is 0.640. The van der Waals surface area contributed by atoms with Crippen LogP contribution in [0.3, 0.4) is 0 Å². The van der Waals surface area contributed by atoms with Crippen LogP contribution in [0.5, 0.6) is 0 Å². The van der Waals surface area contributed by atoms with Crippen LogP contribution in [0.4, 0.5) is 0 Å². The van der Waals surface area contributed by atoms with Crippen LogP contribution in [-0.4, -0.2) is 14.3 Å². The molecule has 2 aliphatic carbocycles. The van der Waals surface area contributed by atoms with Gasteiger partial charge in [0.1, 0.15) is 8.07 Å². The van der Waals surface area contributed by atoms with Gasteiger partial charge in [0.15, 0.2) is 0 Å². The molecule has 3 heterocycles. The summed E-state index contributed by atoms with van der Waals surface area (Å²) in [6.07, 6.45) is 10.3. The number of aryl methyl sites for hydroxylation is 1. The van der Waals surface area contributed by atoms with E-state index in [1.807, 2.05) is 6.21 Å². The maximum Gasteiger partial charge on any atom is -1.00 e. The first-order chi connectivity index (χ1) is 16.8. The van der Waals surface area contributed by atoms with E-state index in [0.717, 1.165) is 0 Å². The molecule has 7 rings (SSSR count). The Morgan fingerprint density at radius 3 is 2.30 bits per heavy atom. The van der Waals surface area contributed by atoms with Crippen molar-refractivity contribution in [1.29, 1.82) is 0 Å². The Kier molecular flexibility index (Phi) is 9.72. The van der Waals surface area contributed by atoms with E-state index in [1.54, 1.807) is 40.7 Å². The topological polar surface area (TPSA) is 12.4 Å². The van der Waals surface area contributed by atoms with E-state index in [0.29, 0.717) is 9.54 Å². The van der Waals surface area contributed by atoms with Crippen molar-refractivity contribution < 1.29 is 49.5 Å². The molecule has 37 heavy (non-hydrogen) atoms. The zero-order valence-electron chi connectivity index (χ0n) is 22.8. The third kappa shape index (κ3) is 5.19. The van der Waals surface area contributed by atoms with Crippen molar-refractivity contribution in [3.63, 3.8) is 0 Å². The summed E-state index contributed by atoms with van der Waals surface area (Å²) in [5.74, 6) is 0.635. The minimum atomic E-state index is -1.13. The van der Waals surface area contributed by atoms with E-state index >= 15 is 0 Å². The first-order valence-corrected chi connectivity index (χ1v) is 17.5. The molecule has 0 radical (unpaired) electrons. The van der Waals surface area contributed by atoms with Gasteiger partial charge in [-0.25, -0.2) is 0 Å². The summed E-state index contributed by atoms with van der Waals surface area (Å²) in [5.41, 5.74) is 13.1. The van der Waals surface area contributed by atoms with Crippen molar-refractivity contribution in [2.75, 3.05) is 0 Å². The van der Waals surface area contributed by atoms with Crippen LogP contribution in [0.1, 0.15) is 60.9 Å². The number of halogens is 2. The van der Waals surface area contributed by atoms with Gasteiger partial charge in [-0.2, -0.15) is 0 Å². The minimum Gasteiger partial charge on any atom is -1.00 e. The van der Waals surface area contributed by atoms with Gasteiger partial charge >= 0.3 is 156 Å². The Balaban J connectivity index is 0.000000229. The van der Waals surface area contributed by atoms with Gasteiger partial charge in [0, 0.05) is 11.8 Å². The number of unbranched alkanes of at least 4 members (excludes halogenated alkanes) is 1. The fraction of sp³-hybridized carbons (Fsp3) is 0.344. The van der Waals surface area contributed by atoms with E-state index in [1.165, 1.54) is 63.9 Å². The Hall–Kier alpha value is -1.25. The molecule has 5 aliphatic rings. The normalized spacial score (nSPS) is 19.3. The molecule has 0 spiro atoms. The van der Waals surface area contributed by atoms with Gasteiger partial charge in [-0.15, -0.1) is 0 Å². The predicted molar refractivity (Wildman–Crippen MR) is 150 cm³/mol. The fourth-order valence-corrected chi connectivity index (χ4v) is 11.8. The molecule has 1 atom stereocenters. The van der Waals surface area contributed by atoms with E-state index in [4.69, 9.17) is 0 Å². The van der Waals surface area contributed by atoms with Crippen LogP contribution >= 0.6 is 0 Å². The number of nitrogens with zero attached hydrogens (tertiary/aromatic N) is 1. The smallest absolute Gasteiger partial charge is 1.00 e. The molecular formula is C32H36Cl2NSiZr. The molecule has 1 unspecified atom stereocenters. The average molecular weight is 625 g/mol. The van der Waals surface area contributed by atoms with Gasteiger partial charge in [0.25, 0.3) is 0 Å². The fourth-order valence-electron chi connectivity index (χ4n) is 6.28. The molecule has 0 amide bonds. The molecule has 2 aromatic rings. The zero-order valence-corrected chi connectivity index (χ0v) is 27.7. The molecule has 191 valence electrons. The van der Waals surface area contributed by atoms with Crippen LogP contribution in [0.2, 0.25) is 13.1 Å². The van der Waals surface area contributed by atoms with E-state index in [-0.39, 0.29) is 24.8 Å². The second-order valence-electron chi connectivity index (χ2n) is 11.0. The Morgan fingerprint density at radius 1 is 1.00 bits per heavy atom. The first kappa shape index (κ1) is 30.3. The molecule has 0 saturated carbocycles. The molecule has 3 aliphatic heterocycles. The third-order valence-corrected chi connectivity index (χ3v) is 13.4.